The molecule has 3 aromatic rings. The molecule has 1 radical (unpaired) electrons. The number of fused-ring (bicyclic) bond motifs is 2. The van der Waals surface area contributed by atoms with E-state index in [1.54, 1.807) is 24.3 Å². The predicted molar refractivity (Wildman–Crippen MR) is 86.5 cm³/mol. The van der Waals surface area contributed by atoms with Gasteiger partial charge in [-0.25, -0.2) is 0 Å². The zero-order valence-electron chi connectivity index (χ0n) is 11.8. The Morgan fingerprint density at radius 1 is 1.04 bits per heavy atom. The van der Waals surface area contributed by atoms with Crippen LogP contribution in [-0.4, -0.2) is 34.5 Å². The Kier molecular flexibility index (Phi) is 3.47. The third-order valence-electron chi connectivity index (χ3n) is 3.85. The molecule has 0 saturated carbocycles. The van der Waals surface area contributed by atoms with Crippen LogP contribution in [0.3, 0.4) is 0 Å². The Labute approximate surface area is 139 Å². The Morgan fingerprint density at radius 2 is 1.87 bits per heavy atom. The summed E-state index contributed by atoms with van der Waals surface area (Å²) in [5.74, 6) is 0. The van der Waals surface area contributed by atoms with Crippen LogP contribution in [-0.2, 0) is 6.18 Å². The fraction of sp³-hybridized carbons (Fsp3) is 0.118. The zero-order valence-corrected chi connectivity index (χ0v) is 14.1. The SMILES string of the molecule is FC(F)(F)c1c2ccccc2cc2c(C3=C[Te]=CC3)ncnc12. The van der Waals surface area contributed by atoms with E-state index >= 15 is 0 Å². The molecule has 0 spiro atoms. The minimum absolute atomic E-state index is 0.0189. The number of hydrogen-bond donors (Lipinski definition) is 0. The number of benzene rings is 2. The number of hydrogen-bond acceptors (Lipinski definition) is 2. The van der Waals surface area contributed by atoms with Gasteiger partial charge in [-0.3, -0.25) is 0 Å². The molecule has 0 fully saturated rings. The van der Waals surface area contributed by atoms with Crippen molar-refractivity contribution in [2.45, 2.75) is 12.6 Å². The second kappa shape index (κ2) is 5.40. The molecule has 4 rings (SSSR count). The van der Waals surface area contributed by atoms with E-state index in [2.05, 4.69) is 18.1 Å². The summed E-state index contributed by atoms with van der Waals surface area (Å²) < 4.78 is 45.4. The summed E-state index contributed by atoms with van der Waals surface area (Å²) in [5, 5.41) is 1.22. The van der Waals surface area contributed by atoms with Gasteiger partial charge in [-0.2, -0.15) is 0 Å². The van der Waals surface area contributed by atoms with Crippen molar-refractivity contribution in [3.05, 3.63) is 52.0 Å². The van der Waals surface area contributed by atoms with Crippen LogP contribution >= 0.6 is 0 Å². The Balaban J connectivity index is 2.16. The van der Waals surface area contributed by atoms with E-state index in [1.165, 1.54) is 12.4 Å². The molecule has 115 valence electrons. The molecule has 0 N–H and O–H groups in total. The van der Waals surface area contributed by atoms with Crippen molar-refractivity contribution < 1.29 is 13.2 Å². The summed E-state index contributed by atoms with van der Waals surface area (Å²) in [7, 11) is 0. The first-order chi connectivity index (χ1) is 11.1. The van der Waals surface area contributed by atoms with Crippen molar-refractivity contribution >= 4 is 51.8 Å². The number of halogens is 3. The van der Waals surface area contributed by atoms with Gasteiger partial charge in [0.25, 0.3) is 0 Å². The summed E-state index contributed by atoms with van der Waals surface area (Å²) in [4.78, 5) is 8.24. The summed E-state index contributed by atoms with van der Waals surface area (Å²) in [6, 6.07) is 8.33. The molecule has 2 nitrogen and oxygen atoms in total. The van der Waals surface area contributed by atoms with Gasteiger partial charge in [-0.1, -0.05) is 0 Å². The summed E-state index contributed by atoms with van der Waals surface area (Å²) in [5.41, 5.74) is 0.955. The van der Waals surface area contributed by atoms with Crippen LogP contribution in [0.15, 0.2) is 40.8 Å². The molecule has 0 bridgehead atoms. The molecule has 23 heavy (non-hydrogen) atoms. The molecule has 1 aliphatic heterocycles. The van der Waals surface area contributed by atoms with Crippen LogP contribution in [0.4, 0.5) is 13.2 Å². The van der Waals surface area contributed by atoms with Gasteiger partial charge in [0.05, 0.1) is 0 Å². The fourth-order valence-corrected chi connectivity index (χ4v) is 5.00. The third kappa shape index (κ3) is 2.46. The minimum atomic E-state index is -4.46. The summed E-state index contributed by atoms with van der Waals surface area (Å²) in [6.45, 7) is 0. The number of rotatable bonds is 1. The van der Waals surface area contributed by atoms with E-state index in [9.17, 15) is 13.2 Å². The third-order valence-corrected chi connectivity index (χ3v) is 6.07. The Bertz CT molecular complexity index is 990. The van der Waals surface area contributed by atoms with Gasteiger partial charge in [-0.15, -0.1) is 0 Å². The van der Waals surface area contributed by atoms with Gasteiger partial charge in [0, 0.05) is 0 Å². The number of aromatic nitrogens is 2. The molecule has 0 saturated heterocycles. The maximum atomic E-state index is 13.7. The quantitative estimate of drug-likeness (QED) is 0.433. The van der Waals surface area contributed by atoms with E-state index in [0.29, 0.717) is 16.5 Å². The van der Waals surface area contributed by atoms with Crippen molar-refractivity contribution in [1.29, 1.82) is 0 Å². The summed E-state index contributed by atoms with van der Waals surface area (Å²) in [6.07, 6.45) is -2.45. The second-order valence-corrected chi connectivity index (χ2v) is 7.64. The molecular weight excluding hydrogens is 417 g/mol. The number of alkyl halides is 3. The molecule has 6 heteroatoms. The molecule has 1 aromatic heterocycles. The topological polar surface area (TPSA) is 25.8 Å². The monoisotopic (exact) mass is 429 g/mol. The first-order valence-corrected chi connectivity index (χ1v) is 9.65. The molecule has 0 unspecified atom stereocenters. The Hall–Kier alpha value is -1.77. The van der Waals surface area contributed by atoms with Crippen LogP contribution in [0.2, 0.25) is 0 Å². The average Bonchev–Trinajstić information content (AvgIpc) is 3.05. The van der Waals surface area contributed by atoms with Crippen molar-refractivity contribution in [1.82, 2.24) is 9.97 Å². The Morgan fingerprint density at radius 3 is 2.61 bits per heavy atom. The molecule has 0 amide bonds. The van der Waals surface area contributed by atoms with Crippen LogP contribution in [0.25, 0.3) is 27.2 Å². The first-order valence-electron chi connectivity index (χ1n) is 6.96. The van der Waals surface area contributed by atoms with E-state index in [1.807, 2.05) is 0 Å². The van der Waals surface area contributed by atoms with Gasteiger partial charge < -0.3 is 0 Å². The predicted octanol–water partition coefficient (Wildman–Crippen LogP) is 4.05. The molecule has 2 aromatic carbocycles. The number of allylic oxidation sites excluding steroid dienone is 1. The van der Waals surface area contributed by atoms with E-state index in [0.717, 1.165) is 12.0 Å². The molecule has 0 aliphatic carbocycles. The van der Waals surface area contributed by atoms with Crippen molar-refractivity contribution in [2.24, 2.45) is 0 Å². The van der Waals surface area contributed by atoms with Crippen molar-refractivity contribution in [3.8, 4) is 0 Å². The van der Waals surface area contributed by atoms with Crippen molar-refractivity contribution in [3.63, 3.8) is 0 Å². The molecule has 0 atom stereocenters. The van der Waals surface area contributed by atoms with Gasteiger partial charge in [0.1, 0.15) is 0 Å². The van der Waals surface area contributed by atoms with E-state index in [4.69, 9.17) is 0 Å². The fourth-order valence-electron chi connectivity index (χ4n) is 2.88. The van der Waals surface area contributed by atoms with Gasteiger partial charge in [0.15, 0.2) is 0 Å². The molecule has 2 heterocycles. The van der Waals surface area contributed by atoms with E-state index < -0.39 is 11.7 Å². The normalized spacial score (nSPS) is 14.7. The first kappa shape index (κ1) is 14.8. The number of nitrogens with zero attached hydrogens (tertiary/aromatic N) is 2. The van der Waals surface area contributed by atoms with Crippen LogP contribution in [0, 0.1) is 0 Å². The van der Waals surface area contributed by atoms with Gasteiger partial charge in [0.2, 0.25) is 0 Å². The summed E-state index contributed by atoms with van der Waals surface area (Å²) >= 11 is -0.287. The standard InChI is InChI=1S/C17H10F3N2Te/c18-17(19,20)14-12-4-2-1-3-10(12)7-13-15(11-5-6-23-8-11)21-9-22-16(13)14/h1-4,6-9H,5H2. The molecule has 1 aliphatic rings. The van der Waals surface area contributed by atoms with E-state index in [-0.39, 0.29) is 31.4 Å². The van der Waals surface area contributed by atoms with Crippen LogP contribution < -0.4 is 0 Å². The second-order valence-electron chi connectivity index (χ2n) is 5.24. The molecular formula is C17H10F3N2Te. The van der Waals surface area contributed by atoms with Crippen LogP contribution in [0.5, 0.6) is 0 Å². The maximum absolute atomic E-state index is 13.7. The zero-order chi connectivity index (χ0) is 16.0. The van der Waals surface area contributed by atoms with Gasteiger partial charge >= 0.3 is 140 Å². The van der Waals surface area contributed by atoms with Gasteiger partial charge in [-0.05, 0) is 0 Å². The van der Waals surface area contributed by atoms with Crippen LogP contribution in [0.1, 0.15) is 17.7 Å². The average molecular weight is 427 g/mol. The van der Waals surface area contributed by atoms with Crippen molar-refractivity contribution in [2.75, 3.05) is 0 Å².